The standard InChI is InChI=1S/C29H28BrNO5/c1-2-31-21-5-3-7-23(32)27(21)26(28-22(31)6-4-8-24(28)33)20-15-19(30)13-14-25(20)36-16-17-9-11-18(12-10-17)29(34)35/h9-15,26H,2-8,16H2,1H3,(H,34,35). The number of carbonyl (C=O) groups excluding carboxylic acids is 2. The van der Waals surface area contributed by atoms with Gasteiger partial charge in [-0.25, -0.2) is 4.79 Å². The van der Waals surface area contributed by atoms with E-state index in [2.05, 4.69) is 27.8 Å². The summed E-state index contributed by atoms with van der Waals surface area (Å²) < 4.78 is 7.12. The number of allylic oxidation sites excluding steroid dienone is 4. The maximum Gasteiger partial charge on any atom is 0.335 e. The number of halogens is 1. The fraction of sp³-hybridized carbons (Fsp3) is 0.345. The molecule has 0 spiro atoms. The van der Waals surface area contributed by atoms with Gasteiger partial charge in [-0.15, -0.1) is 0 Å². The number of benzene rings is 2. The highest BCUT2D eigenvalue weighted by atomic mass is 79.9. The Bertz CT molecular complexity index is 1260. The molecule has 0 fully saturated rings. The van der Waals surface area contributed by atoms with Crippen LogP contribution in [0.25, 0.3) is 0 Å². The number of hydrogen-bond donors (Lipinski definition) is 1. The van der Waals surface area contributed by atoms with E-state index in [1.807, 2.05) is 18.2 Å². The van der Waals surface area contributed by atoms with Crippen LogP contribution in [0.1, 0.15) is 72.9 Å². The van der Waals surface area contributed by atoms with Crippen LogP contribution < -0.4 is 4.74 Å². The molecule has 1 heterocycles. The maximum atomic E-state index is 13.4. The monoisotopic (exact) mass is 549 g/mol. The molecule has 36 heavy (non-hydrogen) atoms. The molecular formula is C29H28BrNO5. The van der Waals surface area contributed by atoms with E-state index in [1.165, 1.54) is 0 Å². The van der Waals surface area contributed by atoms with Crippen LogP contribution in [0.2, 0.25) is 0 Å². The molecule has 1 aliphatic heterocycles. The van der Waals surface area contributed by atoms with Crippen molar-refractivity contribution in [1.82, 2.24) is 4.90 Å². The Morgan fingerprint density at radius 2 is 1.58 bits per heavy atom. The lowest BCUT2D eigenvalue weighted by molar-refractivity contribution is -0.117. The first-order valence-corrected chi connectivity index (χ1v) is 13.2. The Hall–Kier alpha value is -3.19. The van der Waals surface area contributed by atoms with Crippen molar-refractivity contribution in [1.29, 1.82) is 0 Å². The molecule has 0 radical (unpaired) electrons. The van der Waals surface area contributed by atoms with Gasteiger partial charge >= 0.3 is 5.97 Å². The van der Waals surface area contributed by atoms with Crippen molar-refractivity contribution < 1.29 is 24.2 Å². The molecule has 0 unspecified atom stereocenters. The van der Waals surface area contributed by atoms with Crippen molar-refractivity contribution in [2.24, 2.45) is 0 Å². The predicted molar refractivity (Wildman–Crippen MR) is 139 cm³/mol. The fourth-order valence-electron chi connectivity index (χ4n) is 5.69. The van der Waals surface area contributed by atoms with Crippen LogP contribution in [0.3, 0.4) is 0 Å². The number of carbonyl (C=O) groups is 3. The lowest BCUT2D eigenvalue weighted by Crippen LogP contribution is -2.39. The summed E-state index contributed by atoms with van der Waals surface area (Å²) in [6.07, 6.45) is 4.29. The molecule has 6 nitrogen and oxygen atoms in total. The van der Waals surface area contributed by atoms with E-state index in [0.717, 1.165) is 70.4 Å². The molecule has 1 N–H and O–H groups in total. The van der Waals surface area contributed by atoms with Crippen LogP contribution in [0.15, 0.2) is 69.5 Å². The third-order valence-electron chi connectivity index (χ3n) is 7.28. The van der Waals surface area contributed by atoms with Crippen LogP contribution >= 0.6 is 15.9 Å². The van der Waals surface area contributed by atoms with Crippen molar-refractivity contribution in [3.8, 4) is 5.75 Å². The zero-order valence-corrected chi connectivity index (χ0v) is 21.8. The molecule has 0 amide bonds. The minimum atomic E-state index is -0.974. The van der Waals surface area contributed by atoms with Crippen LogP contribution in [-0.4, -0.2) is 34.1 Å². The van der Waals surface area contributed by atoms with Gasteiger partial charge in [-0.1, -0.05) is 28.1 Å². The zero-order chi connectivity index (χ0) is 25.4. The van der Waals surface area contributed by atoms with Crippen molar-refractivity contribution >= 4 is 33.5 Å². The minimum absolute atomic E-state index is 0.111. The summed E-state index contributed by atoms with van der Waals surface area (Å²) in [6, 6.07) is 12.3. The van der Waals surface area contributed by atoms with Crippen LogP contribution in [-0.2, 0) is 16.2 Å². The first kappa shape index (κ1) is 24.5. The van der Waals surface area contributed by atoms with E-state index in [1.54, 1.807) is 24.3 Å². The van der Waals surface area contributed by atoms with E-state index >= 15 is 0 Å². The van der Waals surface area contributed by atoms with Gasteiger partial charge in [-0.2, -0.15) is 0 Å². The molecule has 2 aromatic carbocycles. The number of hydrogen-bond acceptors (Lipinski definition) is 5. The Morgan fingerprint density at radius 3 is 2.14 bits per heavy atom. The van der Waals surface area contributed by atoms with E-state index in [4.69, 9.17) is 9.84 Å². The smallest absolute Gasteiger partial charge is 0.335 e. The number of carboxylic acids is 1. The summed E-state index contributed by atoms with van der Waals surface area (Å²) in [4.78, 5) is 40.2. The lowest BCUT2D eigenvalue weighted by Gasteiger charge is -2.43. The van der Waals surface area contributed by atoms with Gasteiger partial charge < -0.3 is 14.7 Å². The lowest BCUT2D eigenvalue weighted by atomic mass is 9.70. The highest BCUT2D eigenvalue weighted by Gasteiger charge is 2.43. The summed E-state index contributed by atoms with van der Waals surface area (Å²) in [5, 5.41) is 9.16. The molecule has 0 atom stereocenters. The molecule has 2 aliphatic carbocycles. The Balaban J connectivity index is 1.59. The normalized spacial score (nSPS) is 18.3. The number of ether oxygens (including phenoxy) is 1. The molecule has 0 bridgehead atoms. The number of carboxylic acid groups (broad SMARTS) is 1. The highest BCUT2D eigenvalue weighted by molar-refractivity contribution is 9.10. The summed E-state index contributed by atoms with van der Waals surface area (Å²) >= 11 is 3.59. The predicted octanol–water partition coefficient (Wildman–Crippen LogP) is 6.16. The fourth-order valence-corrected chi connectivity index (χ4v) is 6.07. The Morgan fingerprint density at radius 1 is 0.972 bits per heavy atom. The average Bonchev–Trinajstić information content (AvgIpc) is 2.87. The molecule has 3 aliphatic rings. The van der Waals surface area contributed by atoms with E-state index < -0.39 is 11.9 Å². The third kappa shape index (κ3) is 4.41. The SMILES string of the molecule is CCN1C2=C(C(=O)CCC2)C(c2cc(Br)ccc2OCc2ccc(C(=O)O)cc2)C2=C1CCCC2=O. The van der Waals surface area contributed by atoms with Crippen molar-refractivity contribution in [2.45, 2.75) is 58.0 Å². The van der Waals surface area contributed by atoms with Crippen molar-refractivity contribution in [2.75, 3.05) is 6.54 Å². The van der Waals surface area contributed by atoms with E-state index in [9.17, 15) is 14.4 Å². The third-order valence-corrected chi connectivity index (χ3v) is 7.77. The quantitative estimate of drug-likeness (QED) is 0.464. The summed E-state index contributed by atoms with van der Waals surface area (Å²) in [5.41, 5.74) is 5.46. The van der Waals surface area contributed by atoms with Crippen LogP contribution in [0.4, 0.5) is 0 Å². The second-order valence-electron chi connectivity index (χ2n) is 9.42. The number of Topliss-reactive ketones (excluding diaryl/α,β-unsaturated/α-hetero) is 2. The average molecular weight is 550 g/mol. The van der Waals surface area contributed by atoms with Gasteiger partial charge in [0.05, 0.1) is 5.56 Å². The molecular weight excluding hydrogens is 522 g/mol. The van der Waals surface area contributed by atoms with Crippen molar-refractivity contribution in [3.05, 3.63) is 86.2 Å². The first-order chi connectivity index (χ1) is 17.4. The van der Waals surface area contributed by atoms with Gasteiger partial charge in [-0.3, -0.25) is 9.59 Å². The second kappa shape index (κ2) is 10.1. The maximum absolute atomic E-state index is 13.4. The minimum Gasteiger partial charge on any atom is -0.489 e. The number of rotatable bonds is 6. The second-order valence-corrected chi connectivity index (χ2v) is 10.3. The molecule has 7 heteroatoms. The van der Waals surface area contributed by atoms with Crippen LogP contribution in [0.5, 0.6) is 5.75 Å². The molecule has 2 aromatic rings. The highest BCUT2D eigenvalue weighted by Crippen LogP contribution is 2.51. The summed E-state index contributed by atoms with van der Waals surface area (Å²) in [6.45, 7) is 3.05. The molecule has 0 aromatic heterocycles. The number of ketones is 2. The number of aromatic carboxylic acids is 1. The van der Waals surface area contributed by atoms with Gasteiger partial charge in [-0.05, 0) is 68.5 Å². The molecule has 5 rings (SSSR count). The molecule has 0 saturated carbocycles. The zero-order valence-electron chi connectivity index (χ0n) is 20.2. The van der Waals surface area contributed by atoms with Gasteiger partial charge in [0.15, 0.2) is 11.6 Å². The van der Waals surface area contributed by atoms with Gasteiger partial charge in [0.1, 0.15) is 12.4 Å². The van der Waals surface area contributed by atoms with Gasteiger partial charge in [0.2, 0.25) is 0 Å². The van der Waals surface area contributed by atoms with E-state index in [0.29, 0.717) is 18.6 Å². The van der Waals surface area contributed by atoms with Crippen molar-refractivity contribution in [3.63, 3.8) is 0 Å². The summed E-state index contributed by atoms with van der Waals surface area (Å²) in [5.74, 6) is -0.579. The topological polar surface area (TPSA) is 83.9 Å². The van der Waals surface area contributed by atoms with Gasteiger partial charge in [0.25, 0.3) is 0 Å². The van der Waals surface area contributed by atoms with E-state index in [-0.39, 0.29) is 23.7 Å². The Kier molecular flexibility index (Phi) is 6.84. The molecule has 186 valence electrons. The summed E-state index contributed by atoms with van der Waals surface area (Å²) in [7, 11) is 0. The number of nitrogens with zero attached hydrogens (tertiary/aromatic N) is 1. The Labute approximate surface area is 218 Å². The molecule has 0 saturated heterocycles. The largest absolute Gasteiger partial charge is 0.489 e. The van der Waals surface area contributed by atoms with Crippen LogP contribution in [0, 0.1) is 0 Å². The first-order valence-electron chi connectivity index (χ1n) is 12.4. The van der Waals surface area contributed by atoms with Gasteiger partial charge in [0, 0.05) is 57.9 Å².